The maximum absolute atomic E-state index is 12.3. The van der Waals surface area contributed by atoms with Crippen molar-refractivity contribution in [3.05, 3.63) is 71.2 Å². The molecule has 0 aliphatic heterocycles. The number of thiazole rings is 1. The Hall–Kier alpha value is -3.09. The van der Waals surface area contributed by atoms with Crippen molar-refractivity contribution < 1.29 is 9.53 Å². The normalized spacial score (nSPS) is 10.7. The average Bonchev–Trinajstić information content (AvgIpc) is 3.12. The molecule has 7 heteroatoms. The van der Waals surface area contributed by atoms with E-state index in [0.29, 0.717) is 22.1 Å². The molecule has 5 nitrogen and oxygen atoms in total. The number of hydrogen-bond donors (Lipinski definition) is 2. The Labute approximate surface area is 177 Å². The van der Waals surface area contributed by atoms with Crippen LogP contribution < -0.4 is 15.4 Å². The fourth-order valence-corrected chi connectivity index (χ4v) is 4.16. The standard InChI is InChI=1S/C22H18ClN3O2S/c1-13-3-9-17-20(11-13)29-21(25-17)14-4-7-16(8-5-14)24-22(27)26-18-12-15(23)6-10-19(18)28-2/h3-12H,1-2H3,(H2,24,26,27). The zero-order valence-corrected chi connectivity index (χ0v) is 17.4. The van der Waals surface area contributed by atoms with E-state index < -0.39 is 0 Å². The maximum atomic E-state index is 12.3. The number of halogens is 1. The van der Waals surface area contributed by atoms with E-state index in [9.17, 15) is 4.79 Å². The van der Waals surface area contributed by atoms with Crippen LogP contribution >= 0.6 is 22.9 Å². The van der Waals surface area contributed by atoms with Crippen molar-refractivity contribution in [1.82, 2.24) is 4.98 Å². The Bertz CT molecular complexity index is 1190. The number of urea groups is 1. The van der Waals surface area contributed by atoms with Crippen molar-refractivity contribution in [2.75, 3.05) is 17.7 Å². The van der Waals surface area contributed by atoms with Crippen LogP contribution in [0.3, 0.4) is 0 Å². The third-order valence-electron chi connectivity index (χ3n) is 4.34. The number of nitrogens with zero attached hydrogens (tertiary/aromatic N) is 1. The van der Waals surface area contributed by atoms with Gasteiger partial charge in [-0.2, -0.15) is 0 Å². The lowest BCUT2D eigenvalue weighted by molar-refractivity contribution is 0.262. The summed E-state index contributed by atoms with van der Waals surface area (Å²) in [6, 6.07) is 18.5. The molecule has 0 saturated carbocycles. The second-order valence-electron chi connectivity index (χ2n) is 6.49. The zero-order valence-electron chi connectivity index (χ0n) is 15.8. The van der Waals surface area contributed by atoms with E-state index in [4.69, 9.17) is 21.3 Å². The summed E-state index contributed by atoms with van der Waals surface area (Å²) in [6.07, 6.45) is 0. The SMILES string of the molecule is COc1ccc(Cl)cc1NC(=O)Nc1ccc(-c2nc3ccc(C)cc3s2)cc1. The number of hydrogen-bond acceptors (Lipinski definition) is 4. The first-order valence-corrected chi connectivity index (χ1v) is 10.1. The Balaban J connectivity index is 1.47. The molecule has 1 aromatic heterocycles. The molecule has 0 spiro atoms. The van der Waals surface area contributed by atoms with Crippen LogP contribution in [0.15, 0.2) is 60.7 Å². The van der Waals surface area contributed by atoms with E-state index in [1.807, 2.05) is 30.3 Å². The van der Waals surface area contributed by atoms with E-state index >= 15 is 0 Å². The number of nitrogens with one attached hydrogen (secondary N) is 2. The topological polar surface area (TPSA) is 63.2 Å². The van der Waals surface area contributed by atoms with Crippen LogP contribution in [0.4, 0.5) is 16.2 Å². The summed E-state index contributed by atoms with van der Waals surface area (Å²) in [7, 11) is 1.54. The van der Waals surface area contributed by atoms with Gasteiger partial charge in [-0.3, -0.25) is 0 Å². The zero-order chi connectivity index (χ0) is 20.4. The highest BCUT2D eigenvalue weighted by Gasteiger charge is 2.10. The molecule has 4 aromatic rings. The molecule has 0 aliphatic carbocycles. The van der Waals surface area contributed by atoms with Crippen LogP contribution in [0.5, 0.6) is 5.75 Å². The van der Waals surface area contributed by atoms with Crippen LogP contribution in [-0.4, -0.2) is 18.1 Å². The molecule has 0 atom stereocenters. The van der Waals surface area contributed by atoms with Gasteiger partial charge < -0.3 is 15.4 Å². The van der Waals surface area contributed by atoms with E-state index in [0.717, 1.165) is 20.8 Å². The first-order chi connectivity index (χ1) is 14.0. The highest BCUT2D eigenvalue weighted by Crippen LogP contribution is 2.31. The lowest BCUT2D eigenvalue weighted by Gasteiger charge is -2.11. The molecule has 4 rings (SSSR count). The maximum Gasteiger partial charge on any atom is 0.323 e. The van der Waals surface area contributed by atoms with Crippen molar-refractivity contribution in [3.8, 4) is 16.3 Å². The molecular weight excluding hydrogens is 406 g/mol. The van der Waals surface area contributed by atoms with Gasteiger partial charge in [0, 0.05) is 16.3 Å². The lowest BCUT2D eigenvalue weighted by Crippen LogP contribution is -2.19. The molecular formula is C22H18ClN3O2S. The third kappa shape index (κ3) is 4.34. The number of carbonyl (C=O) groups excluding carboxylic acids is 1. The minimum atomic E-state index is -0.381. The van der Waals surface area contributed by atoms with Gasteiger partial charge in [0.05, 0.1) is 23.0 Å². The minimum Gasteiger partial charge on any atom is -0.495 e. The van der Waals surface area contributed by atoms with Gasteiger partial charge in [0.15, 0.2) is 0 Å². The summed E-state index contributed by atoms with van der Waals surface area (Å²) in [5.74, 6) is 0.533. The summed E-state index contributed by atoms with van der Waals surface area (Å²) < 4.78 is 6.41. The first-order valence-electron chi connectivity index (χ1n) is 8.91. The fraction of sp³-hybridized carbons (Fsp3) is 0.0909. The van der Waals surface area contributed by atoms with Gasteiger partial charge in [0.2, 0.25) is 0 Å². The monoisotopic (exact) mass is 423 g/mol. The number of fused-ring (bicyclic) bond motifs is 1. The van der Waals surface area contributed by atoms with Crippen molar-refractivity contribution in [3.63, 3.8) is 0 Å². The fourth-order valence-electron chi connectivity index (χ4n) is 2.91. The summed E-state index contributed by atoms with van der Waals surface area (Å²) in [5.41, 5.74) is 4.39. The average molecular weight is 424 g/mol. The predicted molar refractivity (Wildman–Crippen MR) is 120 cm³/mol. The van der Waals surface area contributed by atoms with Gasteiger partial charge in [-0.15, -0.1) is 11.3 Å². The highest BCUT2D eigenvalue weighted by atomic mass is 35.5. The smallest absolute Gasteiger partial charge is 0.323 e. The molecule has 29 heavy (non-hydrogen) atoms. The van der Waals surface area contributed by atoms with Gasteiger partial charge in [0.25, 0.3) is 0 Å². The second kappa shape index (κ2) is 8.11. The summed E-state index contributed by atoms with van der Waals surface area (Å²) in [4.78, 5) is 17.0. The Morgan fingerprint density at radius 1 is 1.03 bits per heavy atom. The van der Waals surface area contributed by atoms with Crippen molar-refractivity contribution in [2.45, 2.75) is 6.92 Å². The quantitative estimate of drug-likeness (QED) is 0.389. The number of aromatic nitrogens is 1. The molecule has 2 N–H and O–H groups in total. The van der Waals surface area contributed by atoms with E-state index in [1.54, 1.807) is 29.5 Å². The molecule has 0 saturated heterocycles. The number of carbonyl (C=O) groups is 1. The number of anilines is 2. The van der Waals surface area contributed by atoms with Crippen molar-refractivity contribution in [1.29, 1.82) is 0 Å². The number of aryl methyl sites for hydroxylation is 1. The highest BCUT2D eigenvalue weighted by molar-refractivity contribution is 7.21. The predicted octanol–water partition coefficient (Wildman–Crippen LogP) is 6.58. The number of methoxy groups -OCH3 is 1. The molecule has 0 unspecified atom stereocenters. The molecule has 0 bridgehead atoms. The van der Waals surface area contributed by atoms with Crippen LogP contribution in [-0.2, 0) is 0 Å². The third-order valence-corrected chi connectivity index (χ3v) is 5.65. The molecule has 2 amide bonds. The van der Waals surface area contributed by atoms with Gasteiger partial charge in [-0.05, 0) is 67.1 Å². The Morgan fingerprint density at radius 2 is 1.83 bits per heavy atom. The molecule has 1 heterocycles. The van der Waals surface area contributed by atoms with E-state index in [-0.39, 0.29) is 6.03 Å². The van der Waals surface area contributed by atoms with E-state index in [2.05, 4.69) is 29.7 Å². The molecule has 0 aliphatic rings. The van der Waals surface area contributed by atoms with Gasteiger partial charge in [-0.25, -0.2) is 9.78 Å². The Morgan fingerprint density at radius 3 is 2.59 bits per heavy atom. The van der Waals surface area contributed by atoms with Gasteiger partial charge in [0.1, 0.15) is 10.8 Å². The summed E-state index contributed by atoms with van der Waals surface area (Å²) in [6.45, 7) is 2.07. The van der Waals surface area contributed by atoms with Crippen molar-refractivity contribution in [2.24, 2.45) is 0 Å². The minimum absolute atomic E-state index is 0.381. The number of amides is 2. The summed E-state index contributed by atoms with van der Waals surface area (Å²) >= 11 is 7.65. The first kappa shape index (κ1) is 19.2. The lowest BCUT2D eigenvalue weighted by atomic mass is 10.2. The van der Waals surface area contributed by atoms with E-state index in [1.165, 1.54) is 12.7 Å². The molecule has 0 radical (unpaired) electrons. The van der Waals surface area contributed by atoms with Crippen LogP contribution in [0, 0.1) is 6.92 Å². The van der Waals surface area contributed by atoms with Crippen LogP contribution in [0.2, 0.25) is 5.02 Å². The Kier molecular flexibility index (Phi) is 5.38. The number of benzene rings is 3. The summed E-state index contributed by atoms with van der Waals surface area (Å²) in [5, 5.41) is 7.02. The number of rotatable bonds is 4. The van der Waals surface area contributed by atoms with Gasteiger partial charge >= 0.3 is 6.03 Å². The second-order valence-corrected chi connectivity index (χ2v) is 7.96. The molecule has 3 aromatic carbocycles. The largest absolute Gasteiger partial charge is 0.495 e. The van der Waals surface area contributed by atoms with Crippen molar-refractivity contribution >= 4 is 50.6 Å². The van der Waals surface area contributed by atoms with Crippen LogP contribution in [0.25, 0.3) is 20.8 Å². The number of ether oxygens (including phenoxy) is 1. The van der Waals surface area contributed by atoms with Crippen LogP contribution in [0.1, 0.15) is 5.56 Å². The molecule has 146 valence electrons. The molecule has 0 fully saturated rings. The van der Waals surface area contributed by atoms with Gasteiger partial charge in [-0.1, -0.05) is 17.7 Å².